The van der Waals surface area contributed by atoms with Crippen LogP contribution in [0.5, 0.6) is 0 Å². The number of halogens is 1. The smallest absolute Gasteiger partial charge is 0.208 e. The highest BCUT2D eigenvalue weighted by atomic mass is 35.5. The van der Waals surface area contributed by atoms with Crippen LogP contribution in [-0.2, 0) is 10.0 Å². The van der Waals surface area contributed by atoms with Crippen molar-refractivity contribution in [2.45, 2.75) is 31.2 Å². The van der Waals surface area contributed by atoms with E-state index < -0.39 is 10.0 Å². The van der Waals surface area contributed by atoms with E-state index in [-0.39, 0.29) is 26.9 Å². The molecule has 1 aliphatic carbocycles. The van der Waals surface area contributed by atoms with Crippen molar-refractivity contribution in [3.05, 3.63) is 28.8 Å². The summed E-state index contributed by atoms with van der Waals surface area (Å²) >= 11 is 5.83. The Morgan fingerprint density at radius 1 is 1.50 bits per heavy atom. The van der Waals surface area contributed by atoms with E-state index >= 15 is 0 Å². The van der Waals surface area contributed by atoms with Crippen LogP contribution < -0.4 is 4.72 Å². The summed E-state index contributed by atoms with van der Waals surface area (Å²) in [6, 6.07) is 5.97. The van der Waals surface area contributed by atoms with E-state index in [4.69, 9.17) is 16.9 Å². The van der Waals surface area contributed by atoms with Gasteiger partial charge in [0.15, 0.2) is 0 Å². The molecule has 1 fully saturated rings. The van der Waals surface area contributed by atoms with Crippen molar-refractivity contribution in [2.75, 3.05) is 0 Å². The second-order valence-corrected chi connectivity index (χ2v) is 7.24. The first kappa shape index (κ1) is 13.3. The molecule has 96 valence electrons. The monoisotopic (exact) mass is 284 g/mol. The summed E-state index contributed by atoms with van der Waals surface area (Å²) < 4.78 is 26.8. The van der Waals surface area contributed by atoms with E-state index in [9.17, 15) is 8.42 Å². The molecule has 4 nitrogen and oxygen atoms in total. The van der Waals surface area contributed by atoms with E-state index in [1.807, 2.05) is 19.9 Å². The van der Waals surface area contributed by atoms with Crippen LogP contribution in [0.25, 0.3) is 0 Å². The standard InChI is InChI=1S/C12H13ClN2O2S/c1-12(2)6-11(12)15-18(16,17)9-4-3-8(7-14)10(13)5-9/h3-5,11,15H,6H2,1-2H3. The minimum atomic E-state index is -3.56. The lowest BCUT2D eigenvalue weighted by Crippen LogP contribution is -2.28. The number of sulfonamides is 1. The first-order valence-corrected chi connectivity index (χ1v) is 7.34. The molecule has 0 aromatic heterocycles. The van der Waals surface area contributed by atoms with E-state index in [0.717, 1.165) is 6.42 Å². The molecule has 6 heteroatoms. The van der Waals surface area contributed by atoms with Gasteiger partial charge in [-0.15, -0.1) is 0 Å². The predicted molar refractivity (Wildman–Crippen MR) is 68.7 cm³/mol. The van der Waals surface area contributed by atoms with Crippen molar-refractivity contribution in [3.8, 4) is 6.07 Å². The topological polar surface area (TPSA) is 70.0 Å². The molecule has 0 heterocycles. The van der Waals surface area contributed by atoms with Crippen LogP contribution in [0.1, 0.15) is 25.8 Å². The number of hydrogen-bond donors (Lipinski definition) is 1. The predicted octanol–water partition coefficient (Wildman–Crippen LogP) is 2.29. The van der Waals surface area contributed by atoms with Gasteiger partial charge in [0.05, 0.1) is 15.5 Å². The first-order valence-electron chi connectivity index (χ1n) is 5.48. The quantitative estimate of drug-likeness (QED) is 0.926. The molecule has 1 aromatic rings. The maximum atomic E-state index is 12.1. The average Bonchev–Trinajstić information content (AvgIpc) is 2.84. The van der Waals surface area contributed by atoms with Crippen LogP contribution >= 0.6 is 11.6 Å². The lowest BCUT2D eigenvalue weighted by molar-refractivity contribution is 0.555. The largest absolute Gasteiger partial charge is 0.240 e. The highest BCUT2D eigenvalue weighted by molar-refractivity contribution is 7.89. The number of nitrogens with one attached hydrogen (secondary N) is 1. The summed E-state index contributed by atoms with van der Waals surface area (Å²) in [5.41, 5.74) is 0.283. The third kappa shape index (κ3) is 2.51. The first-order chi connectivity index (χ1) is 8.26. The minimum absolute atomic E-state index is 0.0173. The van der Waals surface area contributed by atoms with Gasteiger partial charge in [-0.2, -0.15) is 5.26 Å². The number of benzene rings is 1. The Bertz CT molecular complexity index is 632. The van der Waals surface area contributed by atoms with Gasteiger partial charge in [0.1, 0.15) is 6.07 Å². The van der Waals surface area contributed by atoms with E-state index in [1.165, 1.54) is 18.2 Å². The number of nitrogens with zero attached hydrogens (tertiary/aromatic N) is 1. The third-order valence-corrected chi connectivity index (χ3v) is 4.96. The molecule has 1 aromatic carbocycles. The molecule has 0 amide bonds. The molecule has 1 N–H and O–H groups in total. The maximum absolute atomic E-state index is 12.1. The second kappa shape index (κ2) is 4.23. The van der Waals surface area contributed by atoms with Gasteiger partial charge in [-0.3, -0.25) is 0 Å². The fraction of sp³-hybridized carbons (Fsp3) is 0.417. The van der Waals surface area contributed by atoms with Crippen molar-refractivity contribution in [1.29, 1.82) is 5.26 Å². The Morgan fingerprint density at radius 3 is 2.56 bits per heavy atom. The molecule has 18 heavy (non-hydrogen) atoms. The summed E-state index contributed by atoms with van der Waals surface area (Å²) in [6.45, 7) is 4.01. The lowest BCUT2D eigenvalue weighted by Gasteiger charge is -2.08. The number of hydrogen-bond acceptors (Lipinski definition) is 3. The fourth-order valence-corrected chi connectivity index (χ4v) is 3.40. The van der Waals surface area contributed by atoms with Gasteiger partial charge in [0, 0.05) is 6.04 Å². The molecule has 0 bridgehead atoms. The Hall–Kier alpha value is -1.09. The maximum Gasteiger partial charge on any atom is 0.240 e. The Balaban J connectivity index is 2.26. The molecule has 1 aliphatic rings. The third-order valence-electron chi connectivity index (χ3n) is 3.18. The van der Waals surface area contributed by atoms with Crippen LogP contribution in [0, 0.1) is 16.7 Å². The normalized spacial score (nSPS) is 21.3. The molecular weight excluding hydrogens is 272 g/mol. The van der Waals surface area contributed by atoms with Crippen molar-refractivity contribution in [2.24, 2.45) is 5.41 Å². The molecule has 0 radical (unpaired) electrons. The van der Waals surface area contributed by atoms with E-state index in [0.29, 0.717) is 0 Å². The van der Waals surface area contributed by atoms with Crippen molar-refractivity contribution in [3.63, 3.8) is 0 Å². The van der Waals surface area contributed by atoms with E-state index in [2.05, 4.69) is 4.72 Å². The molecule has 2 rings (SSSR count). The summed E-state index contributed by atoms with van der Waals surface area (Å²) in [7, 11) is -3.56. The van der Waals surface area contributed by atoms with Crippen LogP contribution in [0.3, 0.4) is 0 Å². The Labute approximate surface area is 112 Å². The van der Waals surface area contributed by atoms with Gasteiger partial charge in [-0.05, 0) is 30.0 Å². The van der Waals surface area contributed by atoms with Crippen LogP contribution in [-0.4, -0.2) is 14.5 Å². The van der Waals surface area contributed by atoms with Gasteiger partial charge in [0.2, 0.25) is 10.0 Å². The molecule has 0 aliphatic heterocycles. The Kier molecular flexibility index (Phi) is 3.14. The number of rotatable bonds is 3. The lowest BCUT2D eigenvalue weighted by atomic mass is 10.2. The van der Waals surface area contributed by atoms with Gasteiger partial charge in [-0.1, -0.05) is 25.4 Å². The zero-order chi connectivity index (χ0) is 13.6. The average molecular weight is 285 g/mol. The molecular formula is C12H13ClN2O2S. The highest BCUT2D eigenvalue weighted by Gasteiger charge is 2.47. The summed E-state index contributed by atoms with van der Waals surface area (Å²) in [4.78, 5) is 0.0919. The summed E-state index contributed by atoms with van der Waals surface area (Å²) in [5.74, 6) is 0. The summed E-state index contributed by atoms with van der Waals surface area (Å²) in [5, 5.41) is 8.89. The molecule has 1 atom stereocenters. The van der Waals surface area contributed by atoms with Crippen LogP contribution in [0.4, 0.5) is 0 Å². The van der Waals surface area contributed by atoms with Gasteiger partial charge in [-0.25, -0.2) is 13.1 Å². The van der Waals surface area contributed by atoms with Crippen molar-refractivity contribution in [1.82, 2.24) is 4.72 Å². The van der Waals surface area contributed by atoms with E-state index in [1.54, 1.807) is 0 Å². The molecule has 1 unspecified atom stereocenters. The number of nitriles is 1. The van der Waals surface area contributed by atoms with Gasteiger partial charge >= 0.3 is 0 Å². The summed E-state index contributed by atoms with van der Waals surface area (Å²) in [6.07, 6.45) is 0.830. The zero-order valence-corrected chi connectivity index (χ0v) is 11.6. The van der Waals surface area contributed by atoms with Gasteiger partial charge < -0.3 is 0 Å². The van der Waals surface area contributed by atoms with Crippen LogP contribution in [0.2, 0.25) is 5.02 Å². The molecule has 1 saturated carbocycles. The molecule has 0 spiro atoms. The SMILES string of the molecule is CC1(C)CC1NS(=O)(=O)c1ccc(C#N)c(Cl)c1. The zero-order valence-electron chi connectivity index (χ0n) is 10.1. The Morgan fingerprint density at radius 2 is 2.11 bits per heavy atom. The second-order valence-electron chi connectivity index (χ2n) is 5.12. The van der Waals surface area contributed by atoms with Crippen molar-refractivity contribution >= 4 is 21.6 Å². The van der Waals surface area contributed by atoms with Crippen molar-refractivity contribution < 1.29 is 8.42 Å². The highest BCUT2D eigenvalue weighted by Crippen LogP contribution is 2.45. The molecule has 0 saturated heterocycles. The minimum Gasteiger partial charge on any atom is -0.208 e. The van der Waals surface area contributed by atoms with Gasteiger partial charge in [0.25, 0.3) is 0 Å². The fourth-order valence-electron chi connectivity index (χ4n) is 1.68. The van der Waals surface area contributed by atoms with Crippen LogP contribution in [0.15, 0.2) is 23.1 Å².